The molecule has 0 rings (SSSR count). The lowest BCUT2D eigenvalue weighted by Gasteiger charge is -2.21. The van der Waals surface area contributed by atoms with Crippen molar-refractivity contribution in [1.29, 1.82) is 0 Å². The van der Waals surface area contributed by atoms with Crippen LogP contribution in [0.5, 0.6) is 0 Å². The van der Waals surface area contributed by atoms with Gasteiger partial charge in [0.25, 0.3) is 0 Å². The molecule has 2 N–H and O–H groups in total. The van der Waals surface area contributed by atoms with Gasteiger partial charge in [-0.1, -0.05) is 39.5 Å². The number of aliphatic hydroxyl groups is 1. The van der Waals surface area contributed by atoms with Crippen molar-refractivity contribution in [3.8, 4) is 0 Å². The maximum absolute atomic E-state index is 10.7. The van der Waals surface area contributed by atoms with Crippen LogP contribution in [-0.4, -0.2) is 22.3 Å². The molecule has 15 heavy (non-hydrogen) atoms. The van der Waals surface area contributed by atoms with E-state index in [-0.39, 0.29) is 0 Å². The molecule has 0 unspecified atom stereocenters. The zero-order valence-electron chi connectivity index (χ0n) is 10.1. The molecule has 0 aliphatic heterocycles. The first kappa shape index (κ1) is 14.4. The third kappa shape index (κ3) is 5.78. The van der Waals surface area contributed by atoms with Gasteiger partial charge in [-0.15, -0.1) is 0 Å². The fourth-order valence-electron chi connectivity index (χ4n) is 1.91. The first-order valence-electron chi connectivity index (χ1n) is 5.93. The first-order valence-corrected chi connectivity index (χ1v) is 5.93. The zero-order valence-corrected chi connectivity index (χ0v) is 10.1. The van der Waals surface area contributed by atoms with Gasteiger partial charge in [-0.05, 0) is 19.3 Å². The Morgan fingerprint density at radius 3 is 2.00 bits per heavy atom. The van der Waals surface area contributed by atoms with Crippen molar-refractivity contribution in [3.63, 3.8) is 0 Å². The third-order valence-corrected chi connectivity index (χ3v) is 2.94. The molecular formula is C12H24O3. The summed E-state index contributed by atoms with van der Waals surface area (Å²) >= 11 is 0. The Morgan fingerprint density at radius 2 is 1.67 bits per heavy atom. The van der Waals surface area contributed by atoms with E-state index < -0.39 is 18.0 Å². The van der Waals surface area contributed by atoms with Crippen LogP contribution in [0.25, 0.3) is 0 Å². The van der Waals surface area contributed by atoms with Crippen molar-refractivity contribution in [1.82, 2.24) is 0 Å². The van der Waals surface area contributed by atoms with Crippen LogP contribution in [0.3, 0.4) is 0 Å². The van der Waals surface area contributed by atoms with Crippen molar-refractivity contribution in [3.05, 3.63) is 0 Å². The van der Waals surface area contributed by atoms with Gasteiger partial charge in [-0.25, -0.2) is 0 Å². The molecule has 0 fully saturated rings. The van der Waals surface area contributed by atoms with Crippen molar-refractivity contribution in [2.75, 3.05) is 0 Å². The zero-order chi connectivity index (χ0) is 11.8. The van der Waals surface area contributed by atoms with E-state index in [4.69, 9.17) is 5.11 Å². The summed E-state index contributed by atoms with van der Waals surface area (Å²) in [7, 11) is 0. The minimum absolute atomic E-state index is 0.469. The second-order valence-corrected chi connectivity index (χ2v) is 4.37. The number of hydrogen-bond acceptors (Lipinski definition) is 2. The highest BCUT2D eigenvalue weighted by Gasteiger charge is 2.23. The fourth-order valence-corrected chi connectivity index (χ4v) is 1.91. The van der Waals surface area contributed by atoms with Crippen LogP contribution < -0.4 is 0 Å². The molecule has 0 aromatic carbocycles. The molecule has 0 aliphatic carbocycles. The number of carbonyl (C=O) groups is 1. The van der Waals surface area contributed by atoms with Gasteiger partial charge in [-0.2, -0.15) is 0 Å². The number of aliphatic hydroxyl groups excluding tert-OH is 1. The summed E-state index contributed by atoms with van der Waals surface area (Å²) in [6, 6.07) is 0. The summed E-state index contributed by atoms with van der Waals surface area (Å²) in [5.41, 5.74) is 0. The fraction of sp³-hybridized carbons (Fsp3) is 0.917. The van der Waals surface area contributed by atoms with Crippen molar-refractivity contribution in [2.45, 2.75) is 59.0 Å². The number of carboxylic acids is 1. The van der Waals surface area contributed by atoms with Gasteiger partial charge in [-0.3, -0.25) is 4.79 Å². The van der Waals surface area contributed by atoms with Crippen LogP contribution in [0.1, 0.15) is 52.9 Å². The summed E-state index contributed by atoms with van der Waals surface area (Å²) in [5, 5.41) is 18.5. The summed E-state index contributed by atoms with van der Waals surface area (Å²) in [4.78, 5) is 10.7. The topological polar surface area (TPSA) is 57.5 Å². The lowest BCUT2D eigenvalue weighted by Crippen LogP contribution is -2.27. The number of hydrogen-bond donors (Lipinski definition) is 2. The van der Waals surface area contributed by atoms with E-state index in [9.17, 15) is 9.90 Å². The molecule has 90 valence electrons. The van der Waals surface area contributed by atoms with Crippen LogP contribution in [-0.2, 0) is 4.79 Å². The predicted molar refractivity (Wildman–Crippen MR) is 60.7 cm³/mol. The highest BCUT2D eigenvalue weighted by Crippen LogP contribution is 2.22. The smallest absolute Gasteiger partial charge is 0.308 e. The molecule has 0 aromatic rings. The van der Waals surface area contributed by atoms with E-state index in [1.807, 2.05) is 0 Å². The molecule has 0 spiro atoms. The molecule has 2 atom stereocenters. The average molecular weight is 216 g/mol. The maximum Gasteiger partial charge on any atom is 0.308 e. The molecule has 0 bridgehead atoms. The summed E-state index contributed by atoms with van der Waals surface area (Å²) < 4.78 is 0. The van der Waals surface area contributed by atoms with E-state index in [1.54, 1.807) is 6.92 Å². The van der Waals surface area contributed by atoms with Gasteiger partial charge >= 0.3 is 5.97 Å². The Bertz CT molecular complexity index is 174. The quantitative estimate of drug-likeness (QED) is 0.656. The minimum atomic E-state index is -0.908. The van der Waals surface area contributed by atoms with Gasteiger partial charge in [0.2, 0.25) is 0 Å². The summed E-state index contributed by atoms with van der Waals surface area (Å²) in [6.07, 6.45) is 4.27. The van der Waals surface area contributed by atoms with Crippen LogP contribution in [0.2, 0.25) is 0 Å². The highest BCUT2D eigenvalue weighted by atomic mass is 16.4. The normalized spacial score (nSPS) is 15.3. The number of aliphatic carboxylic acids is 1. The predicted octanol–water partition coefficient (Wildman–Crippen LogP) is 2.67. The lowest BCUT2D eigenvalue weighted by molar-refractivity contribution is -0.145. The summed E-state index contributed by atoms with van der Waals surface area (Å²) in [5.74, 6) is -1.09. The largest absolute Gasteiger partial charge is 0.481 e. The molecule has 0 heterocycles. The van der Waals surface area contributed by atoms with Crippen molar-refractivity contribution < 1.29 is 15.0 Å². The SMILES string of the molecule is CCCC(CCC)C[C@@H](O)[C@@H](C)C(=O)O. The molecule has 3 heteroatoms. The third-order valence-electron chi connectivity index (χ3n) is 2.94. The van der Waals surface area contributed by atoms with E-state index in [2.05, 4.69) is 13.8 Å². The van der Waals surface area contributed by atoms with Gasteiger partial charge < -0.3 is 10.2 Å². The van der Waals surface area contributed by atoms with Gasteiger partial charge in [0, 0.05) is 0 Å². The van der Waals surface area contributed by atoms with E-state index >= 15 is 0 Å². The first-order chi connectivity index (χ1) is 7.02. The monoisotopic (exact) mass is 216 g/mol. The van der Waals surface area contributed by atoms with Crippen LogP contribution in [0.15, 0.2) is 0 Å². The van der Waals surface area contributed by atoms with Gasteiger partial charge in [0.1, 0.15) is 0 Å². The Kier molecular flexibility index (Phi) is 7.39. The van der Waals surface area contributed by atoms with E-state index in [0.717, 1.165) is 25.7 Å². The van der Waals surface area contributed by atoms with Gasteiger partial charge in [0.15, 0.2) is 0 Å². The minimum Gasteiger partial charge on any atom is -0.481 e. The Morgan fingerprint density at radius 1 is 1.20 bits per heavy atom. The molecular weight excluding hydrogens is 192 g/mol. The van der Waals surface area contributed by atoms with E-state index in [0.29, 0.717) is 12.3 Å². The molecule has 3 nitrogen and oxygen atoms in total. The second kappa shape index (κ2) is 7.69. The Hall–Kier alpha value is -0.570. The second-order valence-electron chi connectivity index (χ2n) is 4.37. The number of rotatable bonds is 8. The average Bonchev–Trinajstić information content (AvgIpc) is 2.17. The van der Waals surface area contributed by atoms with Crippen molar-refractivity contribution in [2.24, 2.45) is 11.8 Å². The highest BCUT2D eigenvalue weighted by molar-refractivity contribution is 5.70. The number of carboxylic acid groups (broad SMARTS) is 1. The van der Waals surface area contributed by atoms with E-state index in [1.165, 1.54) is 0 Å². The molecule has 0 aromatic heterocycles. The lowest BCUT2D eigenvalue weighted by atomic mass is 9.88. The molecule has 0 aliphatic rings. The van der Waals surface area contributed by atoms with Crippen molar-refractivity contribution >= 4 is 5.97 Å². The van der Waals surface area contributed by atoms with Crippen LogP contribution in [0.4, 0.5) is 0 Å². The van der Waals surface area contributed by atoms with Crippen LogP contribution >= 0.6 is 0 Å². The summed E-state index contributed by atoms with van der Waals surface area (Å²) in [6.45, 7) is 5.81. The Balaban J connectivity index is 4.08. The Labute approximate surface area is 92.5 Å². The van der Waals surface area contributed by atoms with Gasteiger partial charge in [0.05, 0.1) is 12.0 Å². The molecule has 0 saturated carbocycles. The maximum atomic E-state index is 10.7. The van der Waals surface area contributed by atoms with Crippen LogP contribution in [0, 0.1) is 11.8 Å². The molecule has 0 radical (unpaired) electrons. The molecule has 0 saturated heterocycles. The molecule has 0 amide bonds. The standard InChI is InChI=1S/C12H24O3/c1-4-6-10(7-5-2)8-11(13)9(3)12(14)15/h9-11,13H,4-8H2,1-3H3,(H,14,15)/t9-,11-/m1/s1.